The highest BCUT2D eigenvalue weighted by molar-refractivity contribution is 7.09. The molecular formula is C15H25F3N4S. The molecule has 0 unspecified atom stereocenters. The molecule has 1 fully saturated rings. The van der Waals surface area contributed by atoms with Crippen LogP contribution in [0.15, 0.2) is 0 Å². The number of likely N-dealkylation sites (tertiary alicyclic amines) is 1. The van der Waals surface area contributed by atoms with Gasteiger partial charge >= 0.3 is 6.18 Å². The third-order valence-corrected chi connectivity index (χ3v) is 4.71. The van der Waals surface area contributed by atoms with E-state index >= 15 is 0 Å². The second kappa shape index (κ2) is 7.34. The molecule has 1 saturated heterocycles. The summed E-state index contributed by atoms with van der Waals surface area (Å²) in [4.78, 5) is 5.98. The Morgan fingerprint density at radius 3 is 2.39 bits per heavy atom. The maximum atomic E-state index is 12.4. The average Bonchev–Trinajstić information content (AvgIpc) is 2.88. The fourth-order valence-electron chi connectivity index (χ4n) is 2.67. The number of anilines is 1. The molecule has 0 aliphatic carbocycles. The predicted octanol–water partition coefficient (Wildman–Crippen LogP) is 3.91. The number of alkyl halides is 3. The van der Waals surface area contributed by atoms with Crippen molar-refractivity contribution in [3.05, 3.63) is 5.82 Å². The number of hydrogen-bond acceptors (Lipinski definition) is 5. The van der Waals surface area contributed by atoms with Gasteiger partial charge in [-0.3, -0.25) is 4.90 Å². The minimum Gasteiger partial charge on any atom is -0.360 e. The largest absolute Gasteiger partial charge is 0.401 e. The minimum atomic E-state index is -4.09. The first-order valence-corrected chi connectivity index (χ1v) is 8.78. The van der Waals surface area contributed by atoms with Gasteiger partial charge in [-0.1, -0.05) is 20.8 Å². The third-order valence-electron chi connectivity index (χ3n) is 4.04. The number of rotatable bonds is 5. The van der Waals surface area contributed by atoms with Crippen LogP contribution in [0.4, 0.5) is 18.3 Å². The van der Waals surface area contributed by atoms with Crippen LogP contribution in [0.3, 0.4) is 0 Å². The quantitative estimate of drug-likeness (QED) is 0.874. The van der Waals surface area contributed by atoms with Gasteiger partial charge in [0.15, 0.2) is 0 Å². The van der Waals surface area contributed by atoms with E-state index in [1.165, 1.54) is 16.4 Å². The van der Waals surface area contributed by atoms with Crippen molar-refractivity contribution in [2.75, 3.05) is 31.5 Å². The van der Waals surface area contributed by atoms with Gasteiger partial charge in [-0.2, -0.15) is 17.5 Å². The zero-order chi connectivity index (χ0) is 17.1. The summed E-state index contributed by atoms with van der Waals surface area (Å²) in [5, 5.41) is 4.11. The summed E-state index contributed by atoms with van der Waals surface area (Å²) < 4.78 is 41.4. The molecule has 23 heavy (non-hydrogen) atoms. The molecular weight excluding hydrogens is 325 g/mol. The van der Waals surface area contributed by atoms with Gasteiger partial charge in [0, 0.05) is 23.5 Å². The highest BCUT2D eigenvalue weighted by Crippen LogP contribution is 2.25. The van der Waals surface area contributed by atoms with E-state index in [1.807, 2.05) is 0 Å². The molecule has 0 amide bonds. The Bertz CT molecular complexity index is 488. The lowest BCUT2D eigenvalue weighted by Crippen LogP contribution is -2.40. The Balaban J connectivity index is 1.67. The van der Waals surface area contributed by atoms with Crippen LogP contribution in [0.2, 0.25) is 0 Å². The number of halogens is 3. The maximum Gasteiger partial charge on any atom is 0.401 e. The summed E-state index contributed by atoms with van der Waals surface area (Å²) in [7, 11) is 0. The van der Waals surface area contributed by atoms with Crippen LogP contribution in [-0.2, 0) is 5.41 Å². The number of nitrogens with zero attached hydrogens (tertiary/aromatic N) is 3. The van der Waals surface area contributed by atoms with Gasteiger partial charge in [0.1, 0.15) is 5.82 Å². The van der Waals surface area contributed by atoms with Crippen LogP contribution in [0, 0.1) is 5.92 Å². The van der Waals surface area contributed by atoms with Crippen LogP contribution < -0.4 is 5.32 Å². The van der Waals surface area contributed by atoms with Gasteiger partial charge in [-0.25, -0.2) is 4.98 Å². The van der Waals surface area contributed by atoms with E-state index in [0.717, 1.165) is 36.8 Å². The van der Waals surface area contributed by atoms with Crippen LogP contribution in [0.1, 0.15) is 45.9 Å². The Morgan fingerprint density at radius 2 is 1.87 bits per heavy atom. The van der Waals surface area contributed by atoms with Crippen molar-refractivity contribution in [3.8, 4) is 0 Å². The van der Waals surface area contributed by atoms with Crippen molar-refractivity contribution in [1.82, 2.24) is 14.3 Å². The van der Waals surface area contributed by atoms with Crippen molar-refractivity contribution >= 4 is 16.7 Å². The molecule has 1 aromatic heterocycles. The number of aromatic nitrogens is 2. The molecule has 0 radical (unpaired) electrons. The molecule has 0 aromatic carbocycles. The van der Waals surface area contributed by atoms with Crippen molar-refractivity contribution in [2.45, 2.75) is 51.6 Å². The Labute approximate surface area is 139 Å². The van der Waals surface area contributed by atoms with Crippen LogP contribution >= 0.6 is 11.5 Å². The monoisotopic (exact) mass is 350 g/mol. The molecule has 0 bridgehead atoms. The molecule has 0 saturated carbocycles. The second-order valence-corrected chi connectivity index (χ2v) is 7.98. The minimum absolute atomic E-state index is 0.0538. The summed E-state index contributed by atoms with van der Waals surface area (Å²) in [6, 6.07) is 0. The fourth-order valence-corrected chi connectivity index (χ4v) is 3.45. The average molecular weight is 350 g/mol. The first kappa shape index (κ1) is 18.4. The van der Waals surface area contributed by atoms with E-state index in [4.69, 9.17) is 0 Å². The maximum absolute atomic E-state index is 12.4. The Kier molecular flexibility index (Phi) is 5.89. The number of piperidine rings is 1. The van der Waals surface area contributed by atoms with Gasteiger partial charge < -0.3 is 5.32 Å². The van der Waals surface area contributed by atoms with Gasteiger partial charge in [-0.15, -0.1) is 0 Å². The van der Waals surface area contributed by atoms with E-state index in [-0.39, 0.29) is 5.41 Å². The Hall–Kier alpha value is -0.890. The third kappa shape index (κ3) is 6.25. The molecule has 1 aromatic rings. The number of nitrogens with one attached hydrogen (secondary N) is 1. The summed E-state index contributed by atoms with van der Waals surface area (Å²) in [5.41, 5.74) is -0.0538. The molecule has 4 nitrogen and oxygen atoms in total. The molecule has 0 spiro atoms. The highest BCUT2D eigenvalue weighted by atomic mass is 32.1. The molecule has 0 atom stereocenters. The fraction of sp³-hybridized carbons (Fsp3) is 0.867. The topological polar surface area (TPSA) is 41.1 Å². The van der Waals surface area contributed by atoms with Gasteiger partial charge in [-0.05, 0) is 38.3 Å². The van der Waals surface area contributed by atoms with Crippen LogP contribution in [0.25, 0.3) is 0 Å². The first-order valence-electron chi connectivity index (χ1n) is 8.01. The van der Waals surface area contributed by atoms with Crippen LogP contribution in [-0.4, -0.2) is 46.6 Å². The summed E-state index contributed by atoms with van der Waals surface area (Å²) in [6.07, 6.45) is -1.45. The molecule has 1 aliphatic rings. The van der Waals surface area contributed by atoms with E-state index < -0.39 is 12.7 Å². The van der Waals surface area contributed by atoms with E-state index in [2.05, 4.69) is 35.4 Å². The second-order valence-electron chi connectivity index (χ2n) is 7.22. The highest BCUT2D eigenvalue weighted by Gasteiger charge is 2.32. The summed E-state index contributed by atoms with van der Waals surface area (Å²) in [6.45, 7) is 7.32. The standard InChI is InChI=1S/C15H25F3N4S/c1-14(2,3)12-20-13(23-21-12)19-7-4-11-5-8-22(9-6-11)10-15(16,17)18/h11H,4-10H2,1-3H3,(H,19,20,21). The van der Waals surface area contributed by atoms with Crippen LogP contribution in [0.5, 0.6) is 0 Å². The molecule has 2 heterocycles. The molecule has 1 aliphatic heterocycles. The van der Waals surface area contributed by atoms with Gasteiger partial charge in [0.2, 0.25) is 5.13 Å². The number of hydrogen-bond donors (Lipinski definition) is 1. The normalized spacial score (nSPS) is 18.3. The molecule has 1 N–H and O–H groups in total. The van der Waals surface area contributed by atoms with Gasteiger partial charge in [0.25, 0.3) is 0 Å². The molecule has 8 heteroatoms. The Morgan fingerprint density at radius 1 is 1.22 bits per heavy atom. The zero-order valence-electron chi connectivity index (χ0n) is 13.9. The SMILES string of the molecule is CC(C)(C)c1nsc(NCCC2CCN(CC(F)(F)F)CC2)n1. The lowest BCUT2D eigenvalue weighted by atomic mass is 9.93. The predicted molar refractivity (Wildman–Crippen MR) is 86.9 cm³/mol. The van der Waals surface area contributed by atoms with Crippen molar-refractivity contribution in [1.29, 1.82) is 0 Å². The van der Waals surface area contributed by atoms with Crippen molar-refractivity contribution in [2.24, 2.45) is 5.92 Å². The van der Waals surface area contributed by atoms with E-state index in [9.17, 15) is 13.2 Å². The molecule has 2 rings (SSSR count). The van der Waals surface area contributed by atoms with Gasteiger partial charge in [0.05, 0.1) is 6.54 Å². The lowest BCUT2D eigenvalue weighted by molar-refractivity contribution is -0.148. The molecule has 132 valence electrons. The summed E-state index contributed by atoms with van der Waals surface area (Å²) in [5.74, 6) is 1.33. The smallest absolute Gasteiger partial charge is 0.360 e. The van der Waals surface area contributed by atoms with E-state index in [0.29, 0.717) is 19.0 Å². The lowest BCUT2D eigenvalue weighted by Gasteiger charge is -2.32. The van der Waals surface area contributed by atoms with E-state index in [1.54, 1.807) is 0 Å². The summed E-state index contributed by atoms with van der Waals surface area (Å²) >= 11 is 1.36. The van der Waals surface area contributed by atoms with Crippen molar-refractivity contribution < 1.29 is 13.2 Å². The first-order chi connectivity index (χ1) is 10.6. The zero-order valence-corrected chi connectivity index (χ0v) is 14.7. The van der Waals surface area contributed by atoms with Crippen molar-refractivity contribution in [3.63, 3.8) is 0 Å².